The summed E-state index contributed by atoms with van der Waals surface area (Å²) in [4.78, 5) is 54.9. The highest BCUT2D eigenvalue weighted by molar-refractivity contribution is 6.30. The number of hydrogen-bond acceptors (Lipinski definition) is 5. The molecule has 0 radical (unpaired) electrons. The van der Waals surface area contributed by atoms with Gasteiger partial charge in [0.05, 0.1) is 0 Å². The Morgan fingerprint density at radius 3 is 2.70 bits per heavy atom. The number of ether oxygens (including phenoxy) is 1. The molecule has 1 saturated carbocycles. The zero-order chi connectivity index (χ0) is 28.9. The lowest BCUT2D eigenvalue weighted by atomic mass is 10.0. The topological polar surface area (TPSA) is 117 Å². The molecule has 4 rings (SSSR count). The van der Waals surface area contributed by atoms with Crippen LogP contribution in [0.15, 0.2) is 36.4 Å². The number of halogens is 1. The molecule has 1 aliphatic carbocycles. The Balaban J connectivity index is 1.51. The van der Waals surface area contributed by atoms with E-state index in [2.05, 4.69) is 22.0 Å². The summed E-state index contributed by atoms with van der Waals surface area (Å²) >= 11 is 6.09. The molecule has 1 unspecified atom stereocenters. The molecule has 0 aromatic heterocycles. The highest BCUT2D eigenvalue weighted by atomic mass is 35.5. The minimum Gasteiger partial charge on any atom is -0.444 e. The molecule has 4 amide bonds. The second kappa shape index (κ2) is 12.6. The van der Waals surface area contributed by atoms with Gasteiger partial charge in [0.25, 0.3) is 0 Å². The summed E-state index contributed by atoms with van der Waals surface area (Å²) in [6.45, 7) is 6.02. The molecule has 1 saturated heterocycles. The molecule has 0 bridgehead atoms. The summed E-state index contributed by atoms with van der Waals surface area (Å²) in [6, 6.07) is 5.79. The van der Waals surface area contributed by atoms with E-state index in [4.69, 9.17) is 16.3 Å². The quantitative estimate of drug-likeness (QED) is 0.467. The van der Waals surface area contributed by atoms with E-state index in [1.807, 2.05) is 18.2 Å². The fourth-order valence-corrected chi connectivity index (χ4v) is 5.74. The largest absolute Gasteiger partial charge is 0.444 e. The number of fused-ring (bicyclic) bond motifs is 2. The van der Waals surface area contributed by atoms with Crippen LogP contribution < -0.4 is 16.0 Å². The third-order valence-electron chi connectivity index (χ3n) is 7.67. The van der Waals surface area contributed by atoms with Crippen molar-refractivity contribution in [3.8, 4) is 0 Å². The van der Waals surface area contributed by atoms with Gasteiger partial charge in [0.1, 0.15) is 23.2 Å². The average molecular weight is 573 g/mol. The summed E-state index contributed by atoms with van der Waals surface area (Å²) in [5.74, 6) is -0.998. The number of carbonyl (C=O) groups excluding carboxylic acids is 4. The van der Waals surface area contributed by atoms with E-state index < -0.39 is 29.3 Å². The Bertz CT molecular complexity index is 1150. The summed E-state index contributed by atoms with van der Waals surface area (Å²) in [7, 11) is 0. The highest BCUT2D eigenvalue weighted by Gasteiger charge is 2.60. The van der Waals surface area contributed by atoms with Crippen molar-refractivity contribution in [3.63, 3.8) is 0 Å². The van der Waals surface area contributed by atoms with Crippen molar-refractivity contribution in [1.82, 2.24) is 20.9 Å². The second-order valence-corrected chi connectivity index (χ2v) is 12.5. The molecule has 2 fully saturated rings. The molecule has 3 aliphatic rings. The normalized spacial score (nSPS) is 28.2. The van der Waals surface area contributed by atoms with Crippen LogP contribution in [0, 0.1) is 5.92 Å². The standard InChI is InChI=1S/C30H41ClN4O5/c1-29(2,3)40-28(39)33-23-14-8-6-4-5-7-12-21-18-30(21,27(38)32-19-20-11-9-13-22(31)17-20)34-25(36)24-15-10-16-35(24)26(23)37/h7,9,11-13,17,21,23-24H,4-6,8,10,14-16,18-19H2,1-3H3,(H,32,38)(H,33,39)(H,34,36)/b12-7-/t21-,23+,24?,30-/m1/s1. The summed E-state index contributed by atoms with van der Waals surface area (Å²) < 4.78 is 5.41. The van der Waals surface area contributed by atoms with E-state index in [-0.39, 0.29) is 23.6 Å². The Morgan fingerprint density at radius 1 is 1.15 bits per heavy atom. The lowest BCUT2D eigenvalue weighted by Crippen LogP contribution is -2.57. The van der Waals surface area contributed by atoms with Crippen molar-refractivity contribution in [3.05, 3.63) is 47.0 Å². The molecule has 0 spiro atoms. The van der Waals surface area contributed by atoms with E-state index in [9.17, 15) is 19.2 Å². The van der Waals surface area contributed by atoms with Crippen LogP contribution >= 0.6 is 11.6 Å². The molecule has 3 N–H and O–H groups in total. The van der Waals surface area contributed by atoms with Gasteiger partial charge >= 0.3 is 6.09 Å². The predicted molar refractivity (Wildman–Crippen MR) is 152 cm³/mol. The van der Waals surface area contributed by atoms with Crippen molar-refractivity contribution in [2.24, 2.45) is 5.92 Å². The number of alkyl carbamates (subject to hydrolysis) is 1. The van der Waals surface area contributed by atoms with Crippen molar-refractivity contribution in [2.75, 3.05) is 6.54 Å². The van der Waals surface area contributed by atoms with E-state index in [0.717, 1.165) is 31.2 Å². The van der Waals surface area contributed by atoms with Gasteiger partial charge in [-0.1, -0.05) is 48.7 Å². The zero-order valence-corrected chi connectivity index (χ0v) is 24.4. The third kappa shape index (κ3) is 7.56. The molecule has 4 atom stereocenters. The molecule has 2 heterocycles. The van der Waals surface area contributed by atoms with Crippen molar-refractivity contribution in [1.29, 1.82) is 0 Å². The van der Waals surface area contributed by atoms with E-state index in [1.54, 1.807) is 37.8 Å². The minimum absolute atomic E-state index is 0.118. The Labute approximate surface area is 241 Å². The first-order valence-electron chi connectivity index (χ1n) is 14.3. The first-order valence-corrected chi connectivity index (χ1v) is 14.7. The number of hydrogen-bond donors (Lipinski definition) is 3. The van der Waals surface area contributed by atoms with Crippen LogP contribution in [0.3, 0.4) is 0 Å². The lowest BCUT2D eigenvalue weighted by Gasteiger charge is -2.30. The molecule has 10 heteroatoms. The molecular weight excluding hydrogens is 532 g/mol. The van der Waals surface area contributed by atoms with Gasteiger partial charge in [-0.2, -0.15) is 0 Å². The van der Waals surface area contributed by atoms with Crippen molar-refractivity contribution < 1.29 is 23.9 Å². The highest BCUT2D eigenvalue weighted by Crippen LogP contribution is 2.45. The smallest absolute Gasteiger partial charge is 0.408 e. The first-order chi connectivity index (χ1) is 19.0. The fraction of sp³-hybridized carbons (Fsp3) is 0.600. The zero-order valence-electron chi connectivity index (χ0n) is 23.6. The molecule has 1 aromatic carbocycles. The Kier molecular flexibility index (Phi) is 9.44. The monoisotopic (exact) mass is 572 g/mol. The van der Waals surface area contributed by atoms with Crippen molar-refractivity contribution >= 4 is 35.4 Å². The fourth-order valence-electron chi connectivity index (χ4n) is 5.53. The van der Waals surface area contributed by atoms with E-state index in [0.29, 0.717) is 43.8 Å². The van der Waals surface area contributed by atoms with E-state index >= 15 is 0 Å². The van der Waals surface area contributed by atoms with E-state index in [1.165, 1.54) is 0 Å². The van der Waals surface area contributed by atoms with Gasteiger partial charge in [0.2, 0.25) is 17.7 Å². The van der Waals surface area contributed by atoms with Crippen LogP contribution in [0.1, 0.15) is 77.7 Å². The average Bonchev–Trinajstić information content (AvgIpc) is 3.34. The third-order valence-corrected chi connectivity index (χ3v) is 7.90. The van der Waals surface area contributed by atoms with Gasteiger partial charge in [-0.25, -0.2) is 4.79 Å². The maximum Gasteiger partial charge on any atom is 0.408 e. The molecule has 2 aliphatic heterocycles. The Hall–Kier alpha value is -3.07. The van der Waals surface area contributed by atoms with Crippen LogP contribution in [0.5, 0.6) is 0 Å². The van der Waals surface area contributed by atoms with Crippen LogP contribution in [0.2, 0.25) is 5.02 Å². The van der Waals surface area contributed by atoms with Gasteiger partial charge in [-0.05, 0) is 77.0 Å². The minimum atomic E-state index is -1.06. The summed E-state index contributed by atoms with van der Waals surface area (Å²) in [5, 5.41) is 9.34. The van der Waals surface area contributed by atoms with Crippen LogP contribution in [0.25, 0.3) is 0 Å². The van der Waals surface area contributed by atoms with Gasteiger partial charge in [-0.3, -0.25) is 14.4 Å². The first kappa shape index (κ1) is 29.9. The maximum absolute atomic E-state index is 13.7. The number of nitrogens with one attached hydrogen (secondary N) is 3. The molecule has 40 heavy (non-hydrogen) atoms. The summed E-state index contributed by atoms with van der Waals surface area (Å²) in [5.41, 5.74) is -0.889. The predicted octanol–water partition coefficient (Wildman–Crippen LogP) is 4.24. The number of amides is 4. The maximum atomic E-state index is 13.7. The Morgan fingerprint density at radius 2 is 1.95 bits per heavy atom. The number of carbonyl (C=O) groups is 4. The van der Waals surface area contributed by atoms with Gasteiger partial charge in [0.15, 0.2) is 0 Å². The van der Waals surface area contributed by atoms with Gasteiger partial charge in [0, 0.05) is 24.0 Å². The number of nitrogens with zero attached hydrogens (tertiary/aromatic N) is 1. The number of rotatable bonds is 4. The van der Waals surface area contributed by atoms with Crippen LogP contribution in [-0.4, -0.2) is 58.5 Å². The second-order valence-electron chi connectivity index (χ2n) is 12.0. The van der Waals surface area contributed by atoms with Gasteiger partial charge in [-0.15, -0.1) is 0 Å². The van der Waals surface area contributed by atoms with Crippen molar-refractivity contribution in [2.45, 2.75) is 102 Å². The molecule has 1 aromatic rings. The number of allylic oxidation sites excluding steroid dienone is 1. The van der Waals surface area contributed by atoms with Crippen LogP contribution in [0.4, 0.5) is 4.79 Å². The SMILES string of the molecule is CC(C)(C)OC(=O)N[C@H]1CCCCC/C=C\[C@@H]2C[C@@]2(C(=O)NCc2cccc(Cl)c2)NC(=O)C2CCCN2C1=O. The summed E-state index contributed by atoms with van der Waals surface area (Å²) in [6.07, 6.45) is 8.98. The lowest BCUT2D eigenvalue weighted by molar-refractivity contribution is -0.141. The van der Waals surface area contributed by atoms with Crippen LogP contribution in [-0.2, 0) is 25.7 Å². The number of benzene rings is 1. The van der Waals surface area contributed by atoms with Gasteiger partial charge < -0.3 is 25.6 Å². The molecule has 9 nitrogen and oxygen atoms in total. The molecular formula is C30H41ClN4O5. The molecule has 218 valence electrons.